The van der Waals surface area contributed by atoms with Gasteiger partial charge in [0.2, 0.25) is 15.9 Å². The fourth-order valence-electron chi connectivity index (χ4n) is 1.20. The minimum absolute atomic E-state index is 0.0298. The Hall–Kier alpha value is -1.91. The summed E-state index contributed by atoms with van der Waals surface area (Å²) < 4.78 is 25.6. The molecule has 1 rings (SSSR count). The molecule has 1 amide bonds. The predicted molar refractivity (Wildman–Crippen MR) is 60.3 cm³/mol. The van der Waals surface area contributed by atoms with Crippen molar-refractivity contribution in [2.24, 2.45) is 5.73 Å². The van der Waals surface area contributed by atoms with E-state index in [1.807, 2.05) is 6.07 Å². The fraction of sp³-hybridized carbons (Fsp3) is 0.200. The van der Waals surface area contributed by atoms with Crippen LogP contribution in [0.3, 0.4) is 0 Å². The molecule has 0 saturated heterocycles. The van der Waals surface area contributed by atoms with E-state index in [2.05, 4.69) is 4.72 Å². The number of aryl methyl sites for hydroxylation is 1. The van der Waals surface area contributed by atoms with E-state index in [0.717, 1.165) is 0 Å². The number of rotatable bonds is 4. The molecule has 0 aliphatic heterocycles. The van der Waals surface area contributed by atoms with Crippen molar-refractivity contribution in [3.63, 3.8) is 0 Å². The highest BCUT2D eigenvalue weighted by Gasteiger charge is 2.17. The molecule has 0 spiro atoms. The van der Waals surface area contributed by atoms with Crippen molar-refractivity contribution < 1.29 is 13.2 Å². The first-order valence-corrected chi connectivity index (χ1v) is 6.14. The zero-order chi connectivity index (χ0) is 13.1. The number of nitrogens with two attached hydrogens (primary N) is 1. The maximum absolute atomic E-state index is 11.8. The summed E-state index contributed by atoms with van der Waals surface area (Å²) in [6.45, 7) is 1.12. The fourth-order valence-corrected chi connectivity index (χ4v) is 2.46. The molecule has 0 heterocycles. The normalized spacial score (nSPS) is 10.8. The van der Waals surface area contributed by atoms with Gasteiger partial charge < -0.3 is 5.73 Å². The Kier molecular flexibility index (Phi) is 3.83. The number of hydrogen-bond donors (Lipinski definition) is 2. The third kappa shape index (κ3) is 3.27. The molecule has 0 bridgehead atoms. The maximum Gasteiger partial charge on any atom is 0.241 e. The van der Waals surface area contributed by atoms with Crippen LogP contribution in [0.2, 0.25) is 0 Å². The molecule has 0 saturated carbocycles. The summed E-state index contributed by atoms with van der Waals surface area (Å²) >= 11 is 0. The number of carbonyl (C=O) groups is 1. The Balaban J connectivity index is 3.15. The van der Waals surface area contributed by atoms with Gasteiger partial charge in [-0.15, -0.1) is 0 Å². The lowest BCUT2D eigenvalue weighted by atomic mass is 10.2. The van der Waals surface area contributed by atoms with E-state index in [1.54, 1.807) is 6.92 Å². The standard InChI is InChI=1S/C10H11N3O3S/c1-7-2-3-8(5-11)4-9(7)17(15,16)13-6-10(12)14/h2-4,13H,6H2,1H3,(H2,12,14). The first kappa shape index (κ1) is 13.2. The number of sulfonamides is 1. The van der Waals surface area contributed by atoms with E-state index < -0.39 is 22.5 Å². The van der Waals surface area contributed by atoms with Crippen LogP contribution in [-0.4, -0.2) is 20.9 Å². The Morgan fingerprint density at radius 3 is 2.71 bits per heavy atom. The zero-order valence-electron chi connectivity index (χ0n) is 9.10. The van der Waals surface area contributed by atoms with Gasteiger partial charge in [-0.2, -0.15) is 5.26 Å². The van der Waals surface area contributed by atoms with Crippen LogP contribution in [-0.2, 0) is 14.8 Å². The van der Waals surface area contributed by atoms with Crippen LogP contribution in [0.1, 0.15) is 11.1 Å². The van der Waals surface area contributed by atoms with E-state index in [9.17, 15) is 13.2 Å². The molecule has 1 aromatic carbocycles. The summed E-state index contributed by atoms with van der Waals surface area (Å²) in [5, 5.41) is 8.70. The number of benzene rings is 1. The molecule has 0 radical (unpaired) electrons. The molecule has 1 aromatic rings. The minimum atomic E-state index is -3.82. The van der Waals surface area contributed by atoms with Crippen molar-refractivity contribution in [1.29, 1.82) is 5.26 Å². The molecule has 90 valence electrons. The molecule has 0 aliphatic carbocycles. The molecule has 7 heteroatoms. The van der Waals surface area contributed by atoms with Crippen LogP contribution in [0.4, 0.5) is 0 Å². The Morgan fingerprint density at radius 1 is 1.53 bits per heavy atom. The van der Waals surface area contributed by atoms with E-state index >= 15 is 0 Å². The van der Waals surface area contributed by atoms with Crippen molar-refractivity contribution in [3.05, 3.63) is 29.3 Å². The summed E-state index contributed by atoms with van der Waals surface area (Å²) in [5.74, 6) is -0.775. The van der Waals surface area contributed by atoms with Gasteiger partial charge >= 0.3 is 0 Å². The average Bonchev–Trinajstić information content (AvgIpc) is 2.27. The van der Waals surface area contributed by atoms with Gasteiger partial charge in [-0.3, -0.25) is 4.79 Å². The van der Waals surface area contributed by atoms with Crippen LogP contribution in [0.15, 0.2) is 23.1 Å². The van der Waals surface area contributed by atoms with Gasteiger partial charge in [0.15, 0.2) is 0 Å². The maximum atomic E-state index is 11.8. The number of primary amides is 1. The van der Waals surface area contributed by atoms with Crippen molar-refractivity contribution in [2.75, 3.05) is 6.54 Å². The third-order valence-corrected chi connectivity index (χ3v) is 3.59. The van der Waals surface area contributed by atoms with Crippen LogP contribution in [0, 0.1) is 18.3 Å². The Bertz CT molecular complexity index is 587. The highest BCUT2D eigenvalue weighted by atomic mass is 32.2. The summed E-state index contributed by atoms with van der Waals surface area (Å²) in [5.41, 5.74) is 5.57. The van der Waals surface area contributed by atoms with Crippen LogP contribution in [0.5, 0.6) is 0 Å². The molecular formula is C10H11N3O3S. The van der Waals surface area contributed by atoms with Gasteiger partial charge in [0, 0.05) is 0 Å². The molecule has 6 nitrogen and oxygen atoms in total. The quantitative estimate of drug-likeness (QED) is 0.762. The van der Waals surface area contributed by atoms with Crippen molar-refractivity contribution in [3.8, 4) is 6.07 Å². The SMILES string of the molecule is Cc1ccc(C#N)cc1S(=O)(=O)NCC(N)=O. The first-order chi connectivity index (χ1) is 7.86. The topological polar surface area (TPSA) is 113 Å². The van der Waals surface area contributed by atoms with Gasteiger partial charge in [-0.05, 0) is 24.6 Å². The van der Waals surface area contributed by atoms with Gasteiger partial charge in [-0.25, -0.2) is 13.1 Å². The highest BCUT2D eigenvalue weighted by molar-refractivity contribution is 7.89. The largest absolute Gasteiger partial charge is 0.369 e. The third-order valence-electron chi connectivity index (χ3n) is 2.04. The summed E-state index contributed by atoms with van der Waals surface area (Å²) in [6.07, 6.45) is 0. The Morgan fingerprint density at radius 2 is 2.18 bits per heavy atom. The summed E-state index contributed by atoms with van der Waals surface area (Å²) in [7, 11) is -3.82. The van der Waals surface area contributed by atoms with Crippen LogP contribution in [0.25, 0.3) is 0 Å². The lowest BCUT2D eigenvalue weighted by Crippen LogP contribution is -2.33. The second kappa shape index (κ2) is 4.95. The van der Waals surface area contributed by atoms with E-state index in [0.29, 0.717) is 5.56 Å². The second-order valence-corrected chi connectivity index (χ2v) is 5.12. The molecule has 0 unspecified atom stereocenters. The van der Waals surface area contributed by atoms with Crippen molar-refractivity contribution >= 4 is 15.9 Å². The Labute approximate surface area is 99.1 Å². The van der Waals surface area contributed by atoms with E-state index in [-0.39, 0.29) is 10.5 Å². The van der Waals surface area contributed by atoms with E-state index in [1.165, 1.54) is 18.2 Å². The smallest absolute Gasteiger partial charge is 0.241 e. The zero-order valence-corrected chi connectivity index (χ0v) is 9.91. The number of nitrogens with one attached hydrogen (secondary N) is 1. The number of nitrogens with zero attached hydrogens (tertiary/aromatic N) is 1. The molecule has 0 atom stereocenters. The van der Waals surface area contributed by atoms with Gasteiger partial charge in [0.05, 0.1) is 23.1 Å². The molecule has 0 aromatic heterocycles. The van der Waals surface area contributed by atoms with E-state index in [4.69, 9.17) is 11.0 Å². The minimum Gasteiger partial charge on any atom is -0.369 e. The molecule has 0 fully saturated rings. The second-order valence-electron chi connectivity index (χ2n) is 3.38. The lowest BCUT2D eigenvalue weighted by molar-refractivity contribution is -0.116. The molecular weight excluding hydrogens is 242 g/mol. The summed E-state index contributed by atoms with van der Waals surface area (Å²) in [4.78, 5) is 10.5. The number of carbonyl (C=O) groups excluding carboxylic acids is 1. The van der Waals surface area contributed by atoms with Crippen LogP contribution < -0.4 is 10.5 Å². The highest BCUT2D eigenvalue weighted by Crippen LogP contribution is 2.16. The lowest BCUT2D eigenvalue weighted by Gasteiger charge is -2.08. The van der Waals surface area contributed by atoms with Gasteiger partial charge in [-0.1, -0.05) is 6.07 Å². The predicted octanol–water partition coefficient (Wildman–Crippen LogP) is -0.370. The molecule has 0 aliphatic rings. The van der Waals surface area contributed by atoms with Gasteiger partial charge in [0.1, 0.15) is 0 Å². The van der Waals surface area contributed by atoms with Crippen LogP contribution >= 0.6 is 0 Å². The van der Waals surface area contributed by atoms with Crippen molar-refractivity contribution in [2.45, 2.75) is 11.8 Å². The van der Waals surface area contributed by atoms with Crippen molar-refractivity contribution in [1.82, 2.24) is 4.72 Å². The number of nitriles is 1. The average molecular weight is 253 g/mol. The summed E-state index contributed by atoms with van der Waals surface area (Å²) in [6, 6.07) is 6.14. The first-order valence-electron chi connectivity index (χ1n) is 4.65. The number of amides is 1. The molecule has 3 N–H and O–H groups in total. The number of hydrogen-bond acceptors (Lipinski definition) is 4. The van der Waals surface area contributed by atoms with Gasteiger partial charge in [0.25, 0.3) is 0 Å². The monoisotopic (exact) mass is 253 g/mol. The molecule has 17 heavy (non-hydrogen) atoms.